The van der Waals surface area contributed by atoms with E-state index in [1.165, 1.54) is 0 Å². The molecule has 0 atom stereocenters. The molecule has 1 aromatic carbocycles. The molecule has 0 aliphatic carbocycles. The highest BCUT2D eigenvalue weighted by Crippen LogP contribution is 2.26. The van der Waals surface area contributed by atoms with E-state index in [1.54, 1.807) is 38.4 Å². The van der Waals surface area contributed by atoms with E-state index in [0.717, 1.165) is 10.9 Å². The van der Waals surface area contributed by atoms with Crippen molar-refractivity contribution in [2.24, 2.45) is 10.3 Å². The van der Waals surface area contributed by atoms with Crippen LogP contribution in [0.5, 0.6) is 0 Å². The fourth-order valence-corrected chi connectivity index (χ4v) is 2.04. The Morgan fingerprint density at radius 1 is 1.46 bits per heavy atom. The van der Waals surface area contributed by atoms with Crippen molar-refractivity contribution in [3.63, 3.8) is 0 Å². The van der Waals surface area contributed by atoms with Crippen LogP contribution in [0.1, 0.15) is 12.6 Å². The lowest BCUT2D eigenvalue weighted by molar-refractivity contribution is 0.140. The lowest BCUT2D eigenvalue weighted by Crippen LogP contribution is -2.05. The Labute approximate surface area is 139 Å². The van der Waals surface area contributed by atoms with Crippen LogP contribution in [-0.4, -0.2) is 36.4 Å². The minimum absolute atomic E-state index is 0.433. The van der Waals surface area contributed by atoms with Gasteiger partial charge in [0.05, 0.1) is 23.1 Å². The molecule has 0 aliphatic rings. The van der Waals surface area contributed by atoms with Crippen molar-refractivity contribution in [2.45, 2.75) is 6.92 Å². The van der Waals surface area contributed by atoms with E-state index >= 15 is 0 Å². The highest BCUT2D eigenvalue weighted by Gasteiger charge is 2.09. The number of nitrogens with one attached hydrogen (secondary N) is 2. The SMILES string of the molecule is C=C/C(=C\N=C(C)OCCOC)c1n[nH]c2ccc(NN=O)cc12. The first kappa shape index (κ1) is 17.4. The van der Waals surface area contributed by atoms with Crippen LogP contribution in [0.15, 0.2) is 47.3 Å². The fraction of sp³-hybridized carbons (Fsp3) is 0.250. The largest absolute Gasteiger partial charge is 0.478 e. The first-order valence-corrected chi connectivity index (χ1v) is 7.25. The molecule has 2 rings (SSSR count). The molecule has 0 unspecified atom stereocenters. The molecule has 0 saturated carbocycles. The van der Waals surface area contributed by atoms with Crippen molar-refractivity contribution >= 4 is 28.1 Å². The maximum absolute atomic E-state index is 10.4. The van der Waals surface area contributed by atoms with Crippen LogP contribution < -0.4 is 5.43 Å². The number of hydrogen-bond donors (Lipinski definition) is 2. The monoisotopic (exact) mass is 329 g/mol. The van der Waals surface area contributed by atoms with Crippen LogP contribution in [0.2, 0.25) is 0 Å². The van der Waals surface area contributed by atoms with Gasteiger partial charge in [-0.2, -0.15) is 5.10 Å². The van der Waals surface area contributed by atoms with Crippen LogP contribution >= 0.6 is 0 Å². The van der Waals surface area contributed by atoms with Gasteiger partial charge in [-0.3, -0.25) is 5.10 Å². The first-order chi connectivity index (χ1) is 11.7. The van der Waals surface area contributed by atoms with E-state index < -0.39 is 0 Å². The summed E-state index contributed by atoms with van der Waals surface area (Å²) in [7, 11) is 1.61. The topological polar surface area (TPSA) is 101 Å². The minimum Gasteiger partial charge on any atom is -0.478 e. The van der Waals surface area contributed by atoms with Gasteiger partial charge in [0.25, 0.3) is 0 Å². The molecule has 8 nitrogen and oxygen atoms in total. The zero-order valence-electron chi connectivity index (χ0n) is 13.6. The van der Waals surface area contributed by atoms with E-state index in [4.69, 9.17) is 9.47 Å². The van der Waals surface area contributed by atoms with E-state index in [9.17, 15) is 4.91 Å². The quantitative estimate of drug-likeness (QED) is 0.193. The first-order valence-electron chi connectivity index (χ1n) is 7.25. The van der Waals surface area contributed by atoms with Crippen molar-refractivity contribution in [1.29, 1.82) is 0 Å². The Hall–Kier alpha value is -3.00. The summed E-state index contributed by atoms with van der Waals surface area (Å²) in [6, 6.07) is 5.32. The number of aromatic amines is 1. The van der Waals surface area contributed by atoms with Gasteiger partial charge in [0.15, 0.2) is 5.90 Å². The second-order valence-corrected chi connectivity index (χ2v) is 4.81. The van der Waals surface area contributed by atoms with Gasteiger partial charge in [0, 0.05) is 31.2 Å². The van der Waals surface area contributed by atoms with E-state index in [-0.39, 0.29) is 0 Å². The molecular weight excluding hydrogens is 310 g/mol. The van der Waals surface area contributed by atoms with E-state index in [0.29, 0.717) is 36.1 Å². The molecule has 0 aliphatic heterocycles. The van der Waals surface area contributed by atoms with Crippen molar-refractivity contribution in [3.05, 3.63) is 47.7 Å². The number of aromatic nitrogens is 2. The summed E-state index contributed by atoms with van der Waals surface area (Å²) >= 11 is 0. The number of anilines is 1. The van der Waals surface area contributed by atoms with Crippen molar-refractivity contribution in [1.82, 2.24) is 10.2 Å². The predicted octanol–water partition coefficient (Wildman–Crippen LogP) is 3.26. The predicted molar refractivity (Wildman–Crippen MR) is 94.6 cm³/mol. The third-order valence-corrected chi connectivity index (χ3v) is 3.21. The summed E-state index contributed by atoms with van der Waals surface area (Å²) in [6.45, 7) is 6.48. The van der Waals surface area contributed by atoms with E-state index in [1.807, 2.05) is 6.07 Å². The lowest BCUT2D eigenvalue weighted by atomic mass is 10.1. The molecular formula is C16H19N5O3. The lowest BCUT2D eigenvalue weighted by Gasteiger charge is -2.03. The third kappa shape index (κ3) is 4.26. The molecule has 0 radical (unpaired) electrons. The molecule has 0 amide bonds. The second kappa shape index (κ2) is 8.59. The van der Waals surface area contributed by atoms with Crippen molar-refractivity contribution in [2.75, 3.05) is 25.7 Å². The molecule has 0 bridgehead atoms. The summed E-state index contributed by atoms with van der Waals surface area (Å²) in [5.41, 5.74) is 5.16. The molecule has 8 heteroatoms. The van der Waals surface area contributed by atoms with Gasteiger partial charge in [-0.15, -0.1) is 4.91 Å². The number of nitrogens with zero attached hydrogens (tertiary/aromatic N) is 3. The van der Waals surface area contributed by atoms with Crippen molar-refractivity contribution < 1.29 is 9.47 Å². The maximum atomic E-state index is 10.4. The van der Waals surface area contributed by atoms with Gasteiger partial charge in [-0.25, -0.2) is 10.4 Å². The summed E-state index contributed by atoms with van der Waals surface area (Å²) in [5.74, 6) is 0.513. The molecule has 126 valence electrons. The zero-order valence-corrected chi connectivity index (χ0v) is 13.6. The molecule has 1 aromatic heterocycles. The number of fused-ring (bicyclic) bond motifs is 1. The maximum Gasteiger partial charge on any atom is 0.184 e. The Balaban J connectivity index is 2.29. The van der Waals surface area contributed by atoms with Crippen LogP contribution in [0.3, 0.4) is 0 Å². The summed E-state index contributed by atoms with van der Waals surface area (Å²) < 4.78 is 10.3. The number of benzene rings is 1. The average Bonchev–Trinajstić information content (AvgIpc) is 2.99. The van der Waals surface area contributed by atoms with Crippen LogP contribution in [0, 0.1) is 4.91 Å². The number of hydrogen-bond acceptors (Lipinski definition) is 6. The van der Waals surface area contributed by atoms with Gasteiger partial charge >= 0.3 is 0 Å². The fourth-order valence-electron chi connectivity index (χ4n) is 2.04. The standard InChI is InChI=1S/C16H19N5O3/c1-4-12(10-17-11(2)24-8-7-23-3)16-14-9-13(18-21-22)5-6-15(14)19-20-16/h4-6,9-10H,1,7-8H2,2-3H3,(H,18,22)(H,19,20)/b12-10+,17-11?. The molecule has 24 heavy (non-hydrogen) atoms. The van der Waals surface area contributed by atoms with Gasteiger partial charge in [0.2, 0.25) is 0 Å². The molecule has 2 aromatic rings. The summed E-state index contributed by atoms with van der Waals surface area (Å²) in [6.07, 6.45) is 3.28. The normalized spacial score (nSPS) is 12.2. The summed E-state index contributed by atoms with van der Waals surface area (Å²) in [5, 5.41) is 10.7. The number of allylic oxidation sites excluding steroid dienone is 2. The molecule has 2 N–H and O–H groups in total. The number of methoxy groups -OCH3 is 1. The molecule has 0 spiro atoms. The van der Waals surface area contributed by atoms with Gasteiger partial charge in [0.1, 0.15) is 12.3 Å². The Bertz CT molecular complexity index is 779. The van der Waals surface area contributed by atoms with Crippen LogP contribution in [0.4, 0.5) is 5.69 Å². The third-order valence-electron chi connectivity index (χ3n) is 3.21. The summed E-state index contributed by atoms with van der Waals surface area (Å²) in [4.78, 5) is 14.6. The minimum atomic E-state index is 0.433. The number of aliphatic imine (C=N–C) groups is 1. The molecule has 0 saturated heterocycles. The van der Waals surface area contributed by atoms with Gasteiger partial charge in [-0.1, -0.05) is 12.7 Å². The van der Waals surface area contributed by atoms with Gasteiger partial charge < -0.3 is 9.47 Å². The van der Waals surface area contributed by atoms with Crippen LogP contribution in [0.25, 0.3) is 16.5 Å². The van der Waals surface area contributed by atoms with Crippen LogP contribution in [-0.2, 0) is 9.47 Å². The Morgan fingerprint density at radius 3 is 3.00 bits per heavy atom. The van der Waals surface area contributed by atoms with E-state index in [2.05, 4.69) is 32.5 Å². The molecule has 1 heterocycles. The highest BCUT2D eigenvalue weighted by atomic mass is 16.5. The number of H-pyrrole nitrogens is 1. The smallest absolute Gasteiger partial charge is 0.184 e. The highest BCUT2D eigenvalue weighted by molar-refractivity contribution is 5.94. The zero-order chi connectivity index (χ0) is 17.4. The number of ether oxygens (including phenoxy) is 2. The van der Waals surface area contributed by atoms with Gasteiger partial charge in [-0.05, 0) is 18.2 Å². The second-order valence-electron chi connectivity index (χ2n) is 4.81. The van der Waals surface area contributed by atoms with Crippen molar-refractivity contribution in [3.8, 4) is 0 Å². The number of rotatable bonds is 8. The molecule has 0 fully saturated rings. The Kier molecular flexibility index (Phi) is 6.21. The number of nitroso groups, excluding NO2 is 1. The average molecular weight is 329 g/mol. The Morgan fingerprint density at radius 2 is 2.29 bits per heavy atom.